The molecule has 1 fully saturated rings. The molecular formula is C16H21N3. The summed E-state index contributed by atoms with van der Waals surface area (Å²) in [6.07, 6.45) is 8.61. The van der Waals surface area contributed by atoms with E-state index in [0.717, 1.165) is 22.5 Å². The normalized spacial score (nSPS) is 25.4. The van der Waals surface area contributed by atoms with Crippen molar-refractivity contribution in [2.24, 2.45) is 17.6 Å². The number of fused-ring (bicyclic) bond motifs is 1. The second kappa shape index (κ2) is 5.25. The number of aromatic nitrogens is 2. The molecule has 0 spiro atoms. The predicted octanol–water partition coefficient (Wildman–Crippen LogP) is 3.46. The van der Waals surface area contributed by atoms with Crippen LogP contribution in [0.2, 0.25) is 0 Å². The molecule has 1 saturated carbocycles. The van der Waals surface area contributed by atoms with Crippen molar-refractivity contribution >= 4 is 11.0 Å². The van der Waals surface area contributed by atoms with Gasteiger partial charge in [0.1, 0.15) is 0 Å². The number of nitrogens with zero attached hydrogens (tertiary/aromatic N) is 2. The molecule has 1 aliphatic rings. The van der Waals surface area contributed by atoms with Crippen LogP contribution in [0, 0.1) is 11.8 Å². The third-order valence-corrected chi connectivity index (χ3v) is 4.37. The summed E-state index contributed by atoms with van der Waals surface area (Å²) in [4.78, 5) is 8.84. The smallest absolute Gasteiger partial charge is 0.0934 e. The Bertz CT molecular complexity index is 561. The molecule has 3 unspecified atom stereocenters. The lowest BCUT2D eigenvalue weighted by Crippen LogP contribution is -2.26. The zero-order valence-electron chi connectivity index (χ0n) is 11.4. The van der Waals surface area contributed by atoms with Crippen molar-refractivity contribution in [1.29, 1.82) is 0 Å². The van der Waals surface area contributed by atoms with Crippen LogP contribution in [-0.4, -0.2) is 9.97 Å². The lowest BCUT2D eigenvalue weighted by molar-refractivity contribution is 0.248. The minimum atomic E-state index is 0.0862. The van der Waals surface area contributed by atoms with E-state index in [4.69, 9.17) is 5.73 Å². The maximum atomic E-state index is 6.53. The van der Waals surface area contributed by atoms with Gasteiger partial charge in [0.15, 0.2) is 0 Å². The molecular weight excluding hydrogens is 234 g/mol. The average Bonchev–Trinajstić information content (AvgIpc) is 2.46. The van der Waals surface area contributed by atoms with Gasteiger partial charge in [-0.2, -0.15) is 0 Å². The minimum absolute atomic E-state index is 0.0862. The molecule has 2 N–H and O–H groups in total. The Kier molecular flexibility index (Phi) is 3.47. The van der Waals surface area contributed by atoms with Gasteiger partial charge < -0.3 is 5.73 Å². The molecule has 3 nitrogen and oxygen atoms in total. The Morgan fingerprint density at radius 1 is 1.21 bits per heavy atom. The first-order valence-electron chi connectivity index (χ1n) is 7.21. The van der Waals surface area contributed by atoms with Crippen LogP contribution < -0.4 is 5.73 Å². The average molecular weight is 255 g/mol. The zero-order chi connectivity index (χ0) is 13.2. The van der Waals surface area contributed by atoms with E-state index in [-0.39, 0.29) is 6.04 Å². The second-order valence-corrected chi connectivity index (χ2v) is 5.83. The van der Waals surface area contributed by atoms with E-state index < -0.39 is 0 Å². The molecule has 1 aromatic heterocycles. The highest BCUT2D eigenvalue weighted by molar-refractivity contribution is 5.78. The molecule has 3 rings (SSSR count). The molecule has 0 bridgehead atoms. The van der Waals surface area contributed by atoms with Crippen LogP contribution in [0.1, 0.15) is 44.2 Å². The lowest BCUT2D eigenvalue weighted by Gasteiger charge is -2.31. The van der Waals surface area contributed by atoms with E-state index in [0.29, 0.717) is 5.92 Å². The number of nitrogens with two attached hydrogens (primary N) is 1. The molecule has 1 aromatic carbocycles. The number of para-hydroxylation sites is 1. The maximum absolute atomic E-state index is 6.53. The first-order valence-corrected chi connectivity index (χ1v) is 7.21. The van der Waals surface area contributed by atoms with Gasteiger partial charge in [0, 0.05) is 18.4 Å². The van der Waals surface area contributed by atoms with Crippen molar-refractivity contribution in [1.82, 2.24) is 9.97 Å². The first kappa shape index (κ1) is 12.5. The SMILES string of the molecule is CC1CCCC(C(N)c2cccc3nccnc23)C1. The highest BCUT2D eigenvalue weighted by atomic mass is 14.8. The van der Waals surface area contributed by atoms with E-state index in [1.54, 1.807) is 12.4 Å². The number of benzene rings is 1. The summed E-state index contributed by atoms with van der Waals surface area (Å²) in [6, 6.07) is 6.24. The van der Waals surface area contributed by atoms with Gasteiger partial charge in [-0.15, -0.1) is 0 Å². The van der Waals surface area contributed by atoms with Gasteiger partial charge in [0.05, 0.1) is 11.0 Å². The van der Waals surface area contributed by atoms with Gasteiger partial charge in [0.25, 0.3) is 0 Å². The summed E-state index contributed by atoms with van der Waals surface area (Å²) >= 11 is 0. The van der Waals surface area contributed by atoms with Crippen molar-refractivity contribution < 1.29 is 0 Å². The Morgan fingerprint density at radius 3 is 2.89 bits per heavy atom. The lowest BCUT2D eigenvalue weighted by atomic mass is 9.77. The number of rotatable bonds is 2. The molecule has 2 aromatic rings. The van der Waals surface area contributed by atoms with E-state index in [1.165, 1.54) is 25.7 Å². The Balaban J connectivity index is 1.95. The van der Waals surface area contributed by atoms with E-state index >= 15 is 0 Å². The predicted molar refractivity (Wildman–Crippen MR) is 77.6 cm³/mol. The molecule has 100 valence electrons. The van der Waals surface area contributed by atoms with Crippen molar-refractivity contribution in [2.45, 2.75) is 38.6 Å². The minimum Gasteiger partial charge on any atom is -0.324 e. The summed E-state index contributed by atoms with van der Waals surface area (Å²) in [6.45, 7) is 2.34. The van der Waals surface area contributed by atoms with Crippen LogP contribution in [0.3, 0.4) is 0 Å². The van der Waals surface area contributed by atoms with Crippen molar-refractivity contribution in [3.05, 3.63) is 36.2 Å². The molecule has 1 aliphatic carbocycles. The Hall–Kier alpha value is -1.48. The third-order valence-electron chi connectivity index (χ3n) is 4.37. The third kappa shape index (κ3) is 2.47. The van der Waals surface area contributed by atoms with Gasteiger partial charge in [-0.05, 0) is 36.3 Å². The van der Waals surface area contributed by atoms with Gasteiger partial charge >= 0.3 is 0 Å². The fourth-order valence-corrected chi connectivity index (χ4v) is 3.35. The van der Waals surface area contributed by atoms with Gasteiger partial charge in [-0.1, -0.05) is 31.9 Å². The van der Waals surface area contributed by atoms with E-state index in [2.05, 4.69) is 23.0 Å². The standard InChI is InChI=1S/C16H21N3/c1-11-4-2-5-12(10-11)15(17)13-6-3-7-14-16(13)19-9-8-18-14/h3,6-9,11-12,15H,2,4-5,10,17H2,1H3. The quantitative estimate of drug-likeness (QED) is 0.894. The summed E-state index contributed by atoms with van der Waals surface area (Å²) in [7, 11) is 0. The Labute approximate surface area is 114 Å². The first-order chi connectivity index (χ1) is 9.25. The van der Waals surface area contributed by atoms with Crippen LogP contribution >= 0.6 is 0 Å². The molecule has 3 heteroatoms. The molecule has 3 atom stereocenters. The van der Waals surface area contributed by atoms with Crippen molar-refractivity contribution in [3.63, 3.8) is 0 Å². The fourth-order valence-electron chi connectivity index (χ4n) is 3.35. The molecule has 1 heterocycles. The Morgan fingerprint density at radius 2 is 2.05 bits per heavy atom. The van der Waals surface area contributed by atoms with Crippen LogP contribution in [-0.2, 0) is 0 Å². The highest BCUT2D eigenvalue weighted by Crippen LogP contribution is 2.37. The summed E-state index contributed by atoms with van der Waals surface area (Å²) in [5.41, 5.74) is 9.60. The molecule has 0 amide bonds. The van der Waals surface area contributed by atoms with E-state index in [1.807, 2.05) is 12.1 Å². The summed E-state index contributed by atoms with van der Waals surface area (Å²) in [5.74, 6) is 1.38. The molecule has 19 heavy (non-hydrogen) atoms. The highest BCUT2D eigenvalue weighted by Gasteiger charge is 2.26. The maximum Gasteiger partial charge on any atom is 0.0934 e. The summed E-state index contributed by atoms with van der Waals surface area (Å²) < 4.78 is 0. The molecule has 0 aliphatic heterocycles. The molecule has 0 radical (unpaired) electrons. The van der Waals surface area contributed by atoms with Crippen molar-refractivity contribution in [2.75, 3.05) is 0 Å². The van der Waals surface area contributed by atoms with Gasteiger partial charge in [0.2, 0.25) is 0 Å². The van der Waals surface area contributed by atoms with Crippen molar-refractivity contribution in [3.8, 4) is 0 Å². The monoisotopic (exact) mass is 255 g/mol. The van der Waals surface area contributed by atoms with Crippen LogP contribution in [0.4, 0.5) is 0 Å². The van der Waals surface area contributed by atoms with Gasteiger partial charge in [-0.3, -0.25) is 9.97 Å². The largest absolute Gasteiger partial charge is 0.324 e. The van der Waals surface area contributed by atoms with E-state index in [9.17, 15) is 0 Å². The number of hydrogen-bond donors (Lipinski definition) is 1. The van der Waals surface area contributed by atoms with Crippen LogP contribution in [0.15, 0.2) is 30.6 Å². The number of hydrogen-bond acceptors (Lipinski definition) is 3. The van der Waals surface area contributed by atoms with Crippen LogP contribution in [0.5, 0.6) is 0 Å². The topological polar surface area (TPSA) is 51.8 Å². The molecule has 0 saturated heterocycles. The zero-order valence-corrected chi connectivity index (χ0v) is 11.4. The van der Waals surface area contributed by atoms with Gasteiger partial charge in [-0.25, -0.2) is 0 Å². The summed E-state index contributed by atoms with van der Waals surface area (Å²) in [5, 5.41) is 0. The fraction of sp³-hybridized carbons (Fsp3) is 0.500. The van der Waals surface area contributed by atoms with Crippen LogP contribution in [0.25, 0.3) is 11.0 Å². The second-order valence-electron chi connectivity index (χ2n) is 5.83.